The van der Waals surface area contributed by atoms with E-state index in [1.165, 1.54) is 17.8 Å². The maximum absolute atomic E-state index is 12.2. The molecule has 2 rings (SSSR count). The highest BCUT2D eigenvalue weighted by Gasteiger charge is 2.21. The Morgan fingerprint density at radius 2 is 2.00 bits per heavy atom. The molecule has 0 aromatic carbocycles. The second-order valence-corrected chi connectivity index (χ2v) is 5.29. The Bertz CT molecular complexity index is 389. The van der Waals surface area contributed by atoms with Crippen LogP contribution in [0.15, 0.2) is 12.1 Å². The van der Waals surface area contributed by atoms with Crippen molar-refractivity contribution < 1.29 is 4.79 Å². The fraction of sp³-hybridized carbons (Fsp3) is 0.643. The molecule has 3 nitrogen and oxygen atoms in total. The molecule has 0 radical (unpaired) electrons. The van der Waals surface area contributed by atoms with Crippen molar-refractivity contribution in [3.8, 4) is 0 Å². The van der Waals surface area contributed by atoms with Crippen molar-refractivity contribution in [1.29, 1.82) is 0 Å². The van der Waals surface area contributed by atoms with Crippen LogP contribution < -0.4 is 0 Å². The lowest BCUT2D eigenvalue weighted by Crippen LogP contribution is -2.41. The number of carbonyl (C=O) groups excluding carboxylic acids is 1. The quantitative estimate of drug-likeness (QED) is 0.771. The predicted octanol–water partition coefficient (Wildman–Crippen LogP) is 2.36. The molecular formula is C14H22N2O. The van der Waals surface area contributed by atoms with Gasteiger partial charge in [0.1, 0.15) is 6.54 Å². The van der Waals surface area contributed by atoms with Gasteiger partial charge in [0.2, 0.25) is 5.91 Å². The number of likely N-dealkylation sites (tertiary alicyclic amines) is 1. The van der Waals surface area contributed by atoms with Crippen molar-refractivity contribution >= 4 is 5.91 Å². The number of hydrogen-bond donors (Lipinski definition) is 0. The number of rotatable bonds is 2. The van der Waals surface area contributed by atoms with Crippen LogP contribution in [0.4, 0.5) is 0 Å². The largest absolute Gasteiger partial charge is 0.341 e. The minimum Gasteiger partial charge on any atom is -0.341 e. The molecule has 3 heteroatoms. The molecule has 1 aliphatic rings. The maximum Gasteiger partial charge on any atom is 0.242 e. The van der Waals surface area contributed by atoms with Gasteiger partial charge in [-0.25, -0.2) is 0 Å². The summed E-state index contributed by atoms with van der Waals surface area (Å²) in [6, 6.07) is 4.14. The van der Waals surface area contributed by atoms with Gasteiger partial charge in [0.15, 0.2) is 0 Å². The minimum atomic E-state index is 0.263. The molecule has 0 N–H and O–H groups in total. The van der Waals surface area contributed by atoms with E-state index >= 15 is 0 Å². The van der Waals surface area contributed by atoms with Crippen LogP contribution >= 0.6 is 0 Å². The molecule has 1 aliphatic heterocycles. The van der Waals surface area contributed by atoms with E-state index in [0.29, 0.717) is 12.5 Å². The molecule has 1 unspecified atom stereocenters. The van der Waals surface area contributed by atoms with E-state index in [4.69, 9.17) is 0 Å². The summed E-state index contributed by atoms with van der Waals surface area (Å²) in [6.45, 7) is 8.70. The standard InChI is InChI=1S/C14H22N2O/c1-11-5-4-8-15(9-11)14(17)10-16-12(2)6-7-13(16)3/h6-7,11H,4-5,8-10H2,1-3H3. The average molecular weight is 234 g/mol. The summed E-state index contributed by atoms with van der Waals surface area (Å²) in [5.74, 6) is 0.915. The topological polar surface area (TPSA) is 25.2 Å². The van der Waals surface area contributed by atoms with Gasteiger partial charge in [-0.1, -0.05) is 6.92 Å². The lowest BCUT2D eigenvalue weighted by atomic mass is 10.0. The van der Waals surface area contributed by atoms with Crippen LogP contribution in [0.1, 0.15) is 31.2 Å². The second kappa shape index (κ2) is 4.94. The van der Waals surface area contributed by atoms with Crippen molar-refractivity contribution in [2.75, 3.05) is 13.1 Å². The molecule has 1 fully saturated rings. The van der Waals surface area contributed by atoms with Gasteiger partial charge in [-0.2, -0.15) is 0 Å². The van der Waals surface area contributed by atoms with Crippen LogP contribution in [0.2, 0.25) is 0 Å². The Balaban J connectivity index is 2.01. The van der Waals surface area contributed by atoms with Crippen molar-refractivity contribution in [2.24, 2.45) is 5.92 Å². The molecule has 0 spiro atoms. The summed E-state index contributed by atoms with van der Waals surface area (Å²) in [7, 11) is 0. The number of hydrogen-bond acceptors (Lipinski definition) is 1. The Labute approximate surface area is 103 Å². The number of aryl methyl sites for hydroxylation is 2. The second-order valence-electron chi connectivity index (χ2n) is 5.29. The smallest absolute Gasteiger partial charge is 0.242 e. The number of aromatic nitrogens is 1. The molecule has 1 saturated heterocycles. The van der Waals surface area contributed by atoms with E-state index < -0.39 is 0 Å². The van der Waals surface area contributed by atoms with Crippen LogP contribution in [0, 0.1) is 19.8 Å². The molecule has 1 aromatic heterocycles. The molecular weight excluding hydrogens is 212 g/mol. The zero-order valence-corrected chi connectivity index (χ0v) is 11.1. The first kappa shape index (κ1) is 12.2. The predicted molar refractivity (Wildman–Crippen MR) is 68.9 cm³/mol. The third-order valence-electron chi connectivity index (χ3n) is 3.72. The summed E-state index contributed by atoms with van der Waals surface area (Å²) in [6.07, 6.45) is 2.40. The molecule has 0 saturated carbocycles. The Kier molecular flexibility index (Phi) is 3.55. The van der Waals surface area contributed by atoms with Gasteiger partial charge in [0.25, 0.3) is 0 Å². The highest BCUT2D eigenvalue weighted by Crippen LogP contribution is 2.16. The van der Waals surface area contributed by atoms with Gasteiger partial charge in [0.05, 0.1) is 0 Å². The first-order valence-corrected chi connectivity index (χ1v) is 6.48. The molecule has 1 amide bonds. The van der Waals surface area contributed by atoms with Gasteiger partial charge in [-0.15, -0.1) is 0 Å². The molecule has 17 heavy (non-hydrogen) atoms. The summed E-state index contributed by atoms with van der Waals surface area (Å²) in [5, 5.41) is 0. The summed E-state index contributed by atoms with van der Waals surface area (Å²) in [4.78, 5) is 14.2. The Morgan fingerprint density at radius 3 is 2.59 bits per heavy atom. The fourth-order valence-corrected chi connectivity index (χ4v) is 2.60. The van der Waals surface area contributed by atoms with E-state index in [0.717, 1.165) is 19.5 Å². The Morgan fingerprint density at radius 1 is 1.35 bits per heavy atom. The van der Waals surface area contributed by atoms with Crippen molar-refractivity contribution in [2.45, 2.75) is 40.2 Å². The van der Waals surface area contributed by atoms with Crippen LogP contribution in [0.5, 0.6) is 0 Å². The van der Waals surface area contributed by atoms with E-state index in [9.17, 15) is 4.79 Å². The van der Waals surface area contributed by atoms with Crippen molar-refractivity contribution in [3.05, 3.63) is 23.5 Å². The van der Waals surface area contributed by atoms with E-state index in [1.54, 1.807) is 0 Å². The molecule has 1 aromatic rings. The lowest BCUT2D eigenvalue weighted by molar-refractivity contribution is -0.133. The van der Waals surface area contributed by atoms with Crippen LogP contribution in [-0.4, -0.2) is 28.5 Å². The van der Waals surface area contributed by atoms with Crippen LogP contribution in [0.25, 0.3) is 0 Å². The van der Waals surface area contributed by atoms with Gasteiger partial charge in [-0.05, 0) is 44.7 Å². The number of nitrogens with zero attached hydrogens (tertiary/aromatic N) is 2. The van der Waals surface area contributed by atoms with Gasteiger partial charge >= 0.3 is 0 Å². The maximum atomic E-state index is 12.2. The first-order chi connectivity index (χ1) is 8.08. The van der Waals surface area contributed by atoms with Crippen LogP contribution in [0.3, 0.4) is 0 Å². The van der Waals surface area contributed by atoms with Crippen molar-refractivity contribution in [1.82, 2.24) is 9.47 Å². The Hall–Kier alpha value is -1.25. The summed E-state index contributed by atoms with van der Waals surface area (Å²) >= 11 is 0. The highest BCUT2D eigenvalue weighted by molar-refractivity contribution is 5.76. The van der Waals surface area contributed by atoms with Gasteiger partial charge in [0, 0.05) is 24.5 Å². The van der Waals surface area contributed by atoms with Crippen molar-refractivity contribution in [3.63, 3.8) is 0 Å². The zero-order chi connectivity index (χ0) is 12.4. The third kappa shape index (κ3) is 2.71. The number of carbonyl (C=O) groups is 1. The van der Waals surface area contributed by atoms with Crippen LogP contribution in [-0.2, 0) is 11.3 Å². The molecule has 1 atom stereocenters. The molecule has 0 aliphatic carbocycles. The molecule has 2 heterocycles. The van der Waals surface area contributed by atoms with E-state index in [-0.39, 0.29) is 5.91 Å². The monoisotopic (exact) mass is 234 g/mol. The zero-order valence-electron chi connectivity index (χ0n) is 11.1. The summed E-state index contributed by atoms with van der Waals surface area (Å²) < 4.78 is 2.10. The number of amides is 1. The van der Waals surface area contributed by atoms with Gasteiger partial charge < -0.3 is 9.47 Å². The average Bonchev–Trinajstić information content (AvgIpc) is 2.61. The summed E-state index contributed by atoms with van der Waals surface area (Å²) in [5.41, 5.74) is 2.34. The lowest BCUT2D eigenvalue weighted by Gasteiger charge is -2.31. The fourth-order valence-electron chi connectivity index (χ4n) is 2.60. The minimum absolute atomic E-state index is 0.263. The van der Waals surface area contributed by atoms with E-state index in [1.807, 2.05) is 4.90 Å². The number of piperidine rings is 1. The third-order valence-corrected chi connectivity index (χ3v) is 3.72. The first-order valence-electron chi connectivity index (χ1n) is 6.48. The highest BCUT2D eigenvalue weighted by atomic mass is 16.2. The van der Waals surface area contributed by atoms with E-state index in [2.05, 4.69) is 37.5 Å². The molecule has 0 bridgehead atoms. The SMILES string of the molecule is Cc1ccc(C)n1CC(=O)N1CCCC(C)C1. The molecule has 94 valence electrons. The normalized spacial score (nSPS) is 20.6. The van der Waals surface area contributed by atoms with Gasteiger partial charge in [-0.3, -0.25) is 4.79 Å².